The average molecular weight is 245 g/mol. The fourth-order valence-corrected chi connectivity index (χ4v) is 0.439. The average Bonchev–Trinajstić information content (AvgIpc) is 2.14. The summed E-state index contributed by atoms with van der Waals surface area (Å²) < 4.78 is 36.4. The second kappa shape index (κ2) is 8.96. The topological polar surface area (TPSA) is 75.6 Å². The Bertz CT molecular complexity index is 218. The number of alkyl halides is 3. The number of esters is 1. The zero-order chi connectivity index (χ0) is 13.2. The van der Waals surface area contributed by atoms with Crippen molar-refractivity contribution in [2.45, 2.75) is 20.0 Å². The molecule has 96 valence electrons. The van der Waals surface area contributed by atoms with E-state index in [1.54, 1.807) is 6.92 Å². The van der Waals surface area contributed by atoms with Crippen LogP contribution in [0.1, 0.15) is 13.8 Å². The third kappa shape index (κ3) is 12.7. The number of carbonyl (C=O) groups is 2. The van der Waals surface area contributed by atoms with Crippen LogP contribution in [-0.4, -0.2) is 42.9 Å². The third-order valence-electron chi connectivity index (χ3n) is 1.07. The molecule has 0 heterocycles. The standard InChI is InChI=1S/C6H13NO2.C2HF3O2/c1-3-7-5-6(8)9-4-2;3-2(4,5)1(6)7/h7H,3-5H2,1-2H3;(H,6,7). The highest BCUT2D eigenvalue weighted by Crippen LogP contribution is 2.13. The summed E-state index contributed by atoms with van der Waals surface area (Å²) in [5.41, 5.74) is 0. The van der Waals surface area contributed by atoms with Crippen LogP contribution in [0, 0.1) is 0 Å². The van der Waals surface area contributed by atoms with Gasteiger partial charge in [-0.15, -0.1) is 0 Å². The summed E-state index contributed by atoms with van der Waals surface area (Å²) in [5, 5.41) is 9.98. The molecule has 0 aliphatic heterocycles. The van der Waals surface area contributed by atoms with Crippen LogP contribution in [0.3, 0.4) is 0 Å². The normalized spacial score (nSPS) is 10.1. The Morgan fingerprint density at radius 2 is 1.75 bits per heavy atom. The molecule has 0 rings (SSSR count). The molecule has 0 fully saturated rings. The van der Waals surface area contributed by atoms with Crippen molar-refractivity contribution in [3.63, 3.8) is 0 Å². The smallest absolute Gasteiger partial charge is 0.475 e. The molecule has 8 heteroatoms. The Labute approximate surface area is 90.6 Å². The van der Waals surface area contributed by atoms with Crippen molar-refractivity contribution in [3.05, 3.63) is 0 Å². The Hall–Kier alpha value is -1.31. The van der Waals surface area contributed by atoms with Gasteiger partial charge in [-0.1, -0.05) is 6.92 Å². The number of hydrogen-bond acceptors (Lipinski definition) is 4. The van der Waals surface area contributed by atoms with Crippen LogP contribution in [0.4, 0.5) is 13.2 Å². The summed E-state index contributed by atoms with van der Waals surface area (Å²) in [4.78, 5) is 19.4. The molecule has 0 aromatic carbocycles. The molecule has 0 saturated carbocycles. The van der Waals surface area contributed by atoms with Crippen molar-refractivity contribution in [2.75, 3.05) is 19.7 Å². The molecule has 5 nitrogen and oxygen atoms in total. The third-order valence-corrected chi connectivity index (χ3v) is 1.07. The fourth-order valence-electron chi connectivity index (χ4n) is 0.439. The van der Waals surface area contributed by atoms with Gasteiger partial charge in [-0.2, -0.15) is 13.2 Å². The number of halogens is 3. The number of likely N-dealkylation sites (N-methyl/N-ethyl adjacent to an activating group) is 1. The van der Waals surface area contributed by atoms with Gasteiger partial charge in [-0.3, -0.25) is 4.79 Å². The first-order valence-corrected chi connectivity index (χ1v) is 4.42. The van der Waals surface area contributed by atoms with E-state index in [2.05, 4.69) is 10.1 Å². The van der Waals surface area contributed by atoms with E-state index < -0.39 is 12.1 Å². The highest BCUT2D eigenvalue weighted by molar-refractivity contribution is 5.73. The maximum absolute atomic E-state index is 10.6. The molecule has 0 saturated heterocycles. The lowest BCUT2D eigenvalue weighted by atomic mass is 10.6. The van der Waals surface area contributed by atoms with Gasteiger partial charge in [0, 0.05) is 0 Å². The minimum atomic E-state index is -5.08. The number of ether oxygens (including phenoxy) is 1. The zero-order valence-electron chi connectivity index (χ0n) is 8.93. The van der Waals surface area contributed by atoms with Crippen LogP contribution in [0.5, 0.6) is 0 Å². The van der Waals surface area contributed by atoms with Gasteiger partial charge in [0.05, 0.1) is 13.2 Å². The molecule has 0 aromatic rings. The largest absolute Gasteiger partial charge is 0.490 e. The van der Waals surface area contributed by atoms with Gasteiger partial charge in [-0.05, 0) is 13.5 Å². The minimum absolute atomic E-state index is 0.181. The van der Waals surface area contributed by atoms with Gasteiger partial charge in [-0.25, -0.2) is 4.79 Å². The quantitative estimate of drug-likeness (QED) is 0.716. The van der Waals surface area contributed by atoms with E-state index in [-0.39, 0.29) is 5.97 Å². The maximum Gasteiger partial charge on any atom is 0.490 e. The summed E-state index contributed by atoms with van der Waals surface area (Å²) in [6.07, 6.45) is -5.08. The van der Waals surface area contributed by atoms with E-state index in [9.17, 15) is 18.0 Å². The molecule has 0 bridgehead atoms. The van der Waals surface area contributed by atoms with Crippen LogP contribution in [0.2, 0.25) is 0 Å². The van der Waals surface area contributed by atoms with Gasteiger partial charge in [0.2, 0.25) is 0 Å². The monoisotopic (exact) mass is 245 g/mol. The van der Waals surface area contributed by atoms with Crippen molar-refractivity contribution in [3.8, 4) is 0 Å². The van der Waals surface area contributed by atoms with Gasteiger partial charge >= 0.3 is 18.1 Å². The molecular formula is C8H14F3NO4. The van der Waals surface area contributed by atoms with Gasteiger partial charge < -0.3 is 15.2 Å². The summed E-state index contributed by atoms with van der Waals surface area (Å²) in [7, 11) is 0. The molecule has 0 spiro atoms. The van der Waals surface area contributed by atoms with Crippen LogP contribution in [-0.2, 0) is 14.3 Å². The lowest BCUT2D eigenvalue weighted by molar-refractivity contribution is -0.192. The molecule has 0 unspecified atom stereocenters. The highest BCUT2D eigenvalue weighted by atomic mass is 19.4. The molecular weight excluding hydrogens is 231 g/mol. The van der Waals surface area contributed by atoms with Crippen molar-refractivity contribution < 1.29 is 32.6 Å². The number of carbonyl (C=O) groups excluding carboxylic acids is 1. The fraction of sp³-hybridized carbons (Fsp3) is 0.750. The predicted molar refractivity (Wildman–Crippen MR) is 48.9 cm³/mol. The first-order chi connectivity index (χ1) is 7.25. The first-order valence-electron chi connectivity index (χ1n) is 4.42. The predicted octanol–water partition coefficient (Wildman–Crippen LogP) is 0.792. The lowest BCUT2D eigenvalue weighted by Crippen LogP contribution is -2.24. The number of carboxylic acids is 1. The Balaban J connectivity index is 0. The van der Waals surface area contributed by atoms with E-state index in [1.165, 1.54) is 0 Å². The maximum atomic E-state index is 10.6. The SMILES string of the molecule is CCNCC(=O)OCC.O=C(O)C(F)(F)F. The van der Waals surface area contributed by atoms with Crippen molar-refractivity contribution in [1.29, 1.82) is 0 Å². The molecule has 16 heavy (non-hydrogen) atoms. The van der Waals surface area contributed by atoms with E-state index >= 15 is 0 Å². The molecule has 0 radical (unpaired) electrons. The molecule has 0 aliphatic rings. The van der Waals surface area contributed by atoms with E-state index in [1.807, 2.05) is 6.92 Å². The minimum Gasteiger partial charge on any atom is -0.475 e. The van der Waals surface area contributed by atoms with Crippen LogP contribution in [0.15, 0.2) is 0 Å². The number of carboxylic acid groups (broad SMARTS) is 1. The van der Waals surface area contributed by atoms with Crippen LogP contribution in [0.25, 0.3) is 0 Å². The number of nitrogens with one attached hydrogen (secondary N) is 1. The second-order valence-corrected chi connectivity index (χ2v) is 2.39. The van der Waals surface area contributed by atoms with Crippen molar-refractivity contribution in [2.24, 2.45) is 0 Å². The summed E-state index contributed by atoms with van der Waals surface area (Å²) in [6, 6.07) is 0. The number of aliphatic carboxylic acids is 1. The van der Waals surface area contributed by atoms with Crippen molar-refractivity contribution >= 4 is 11.9 Å². The first kappa shape index (κ1) is 17.1. The van der Waals surface area contributed by atoms with E-state index in [0.29, 0.717) is 13.2 Å². The molecule has 0 aromatic heterocycles. The number of hydrogen-bond donors (Lipinski definition) is 2. The summed E-state index contributed by atoms with van der Waals surface area (Å²) in [5.74, 6) is -2.94. The molecule has 2 N–H and O–H groups in total. The van der Waals surface area contributed by atoms with Crippen LogP contribution >= 0.6 is 0 Å². The van der Waals surface area contributed by atoms with Gasteiger partial charge in [0.15, 0.2) is 0 Å². The molecule has 0 atom stereocenters. The molecule has 0 aliphatic carbocycles. The lowest BCUT2D eigenvalue weighted by Gasteiger charge is -1.99. The Kier molecular flexibility index (Phi) is 9.57. The Morgan fingerprint density at radius 3 is 2.00 bits per heavy atom. The summed E-state index contributed by atoms with van der Waals surface area (Å²) in [6.45, 7) is 5.33. The number of rotatable bonds is 4. The van der Waals surface area contributed by atoms with Crippen molar-refractivity contribution in [1.82, 2.24) is 5.32 Å². The molecule has 0 amide bonds. The van der Waals surface area contributed by atoms with E-state index in [0.717, 1.165) is 6.54 Å². The summed E-state index contributed by atoms with van der Waals surface area (Å²) >= 11 is 0. The van der Waals surface area contributed by atoms with E-state index in [4.69, 9.17) is 9.90 Å². The Morgan fingerprint density at radius 1 is 1.31 bits per heavy atom. The highest BCUT2D eigenvalue weighted by Gasteiger charge is 2.38. The van der Waals surface area contributed by atoms with Gasteiger partial charge in [0.25, 0.3) is 0 Å². The zero-order valence-corrected chi connectivity index (χ0v) is 8.93. The van der Waals surface area contributed by atoms with Crippen LogP contribution < -0.4 is 5.32 Å². The second-order valence-electron chi connectivity index (χ2n) is 2.39. The van der Waals surface area contributed by atoms with Gasteiger partial charge in [0.1, 0.15) is 0 Å².